The van der Waals surface area contributed by atoms with Crippen LogP contribution in [0.15, 0.2) is 24.4 Å². The predicted octanol–water partition coefficient (Wildman–Crippen LogP) is 2.45. The van der Waals surface area contributed by atoms with Gasteiger partial charge < -0.3 is 4.74 Å². The van der Waals surface area contributed by atoms with Gasteiger partial charge in [0.05, 0.1) is 24.7 Å². The SMILES string of the molecule is CC1C[C@@H](N2Cc3cn(S(C)(=O)=O)nc3C2)CO[C@@H]1c1cc(F)ccc1F. The molecule has 2 aromatic rings. The fraction of sp³-hybridized carbons (Fsp3) is 0.500. The molecule has 27 heavy (non-hydrogen) atoms. The Hall–Kier alpha value is -1.84. The van der Waals surface area contributed by atoms with E-state index >= 15 is 0 Å². The highest BCUT2D eigenvalue weighted by Gasteiger charge is 2.37. The van der Waals surface area contributed by atoms with Crippen LogP contribution < -0.4 is 0 Å². The zero-order chi connectivity index (χ0) is 19.3. The molecule has 1 saturated heterocycles. The van der Waals surface area contributed by atoms with E-state index in [0.717, 1.165) is 40.2 Å². The Morgan fingerprint density at radius 2 is 2.04 bits per heavy atom. The first-order valence-electron chi connectivity index (χ1n) is 8.81. The Kier molecular flexibility index (Phi) is 4.56. The van der Waals surface area contributed by atoms with Crippen LogP contribution in [0.25, 0.3) is 0 Å². The summed E-state index contributed by atoms with van der Waals surface area (Å²) in [6, 6.07) is 3.56. The maximum absolute atomic E-state index is 14.1. The summed E-state index contributed by atoms with van der Waals surface area (Å²) < 4.78 is 57.7. The van der Waals surface area contributed by atoms with Crippen LogP contribution in [0.1, 0.15) is 36.3 Å². The lowest BCUT2D eigenvalue weighted by molar-refractivity contribution is -0.0723. The lowest BCUT2D eigenvalue weighted by Gasteiger charge is -2.38. The van der Waals surface area contributed by atoms with Crippen molar-refractivity contribution in [3.8, 4) is 0 Å². The molecule has 3 atom stereocenters. The number of ether oxygens (including phenoxy) is 1. The minimum atomic E-state index is -3.38. The second-order valence-corrected chi connectivity index (χ2v) is 9.27. The van der Waals surface area contributed by atoms with E-state index < -0.39 is 27.8 Å². The molecule has 6 nitrogen and oxygen atoms in total. The molecule has 2 aliphatic rings. The molecule has 1 fully saturated rings. The highest BCUT2D eigenvalue weighted by Crippen LogP contribution is 2.38. The van der Waals surface area contributed by atoms with Gasteiger partial charge in [0, 0.05) is 36.5 Å². The van der Waals surface area contributed by atoms with E-state index in [0.29, 0.717) is 19.7 Å². The summed E-state index contributed by atoms with van der Waals surface area (Å²) in [4.78, 5) is 2.19. The molecule has 0 N–H and O–H groups in total. The van der Waals surface area contributed by atoms with Crippen molar-refractivity contribution in [1.29, 1.82) is 0 Å². The summed E-state index contributed by atoms with van der Waals surface area (Å²) in [5, 5.41) is 4.16. The number of hydrogen-bond acceptors (Lipinski definition) is 5. The molecule has 0 spiro atoms. The first kappa shape index (κ1) is 18.5. The van der Waals surface area contributed by atoms with Crippen molar-refractivity contribution in [3.63, 3.8) is 0 Å². The van der Waals surface area contributed by atoms with Gasteiger partial charge in [0.2, 0.25) is 0 Å². The fourth-order valence-electron chi connectivity index (χ4n) is 3.96. The van der Waals surface area contributed by atoms with E-state index in [9.17, 15) is 17.2 Å². The highest BCUT2D eigenvalue weighted by molar-refractivity contribution is 7.89. The van der Waals surface area contributed by atoms with Gasteiger partial charge in [0.25, 0.3) is 10.0 Å². The number of benzene rings is 1. The molecule has 0 radical (unpaired) electrons. The maximum Gasteiger partial charge on any atom is 0.250 e. The van der Waals surface area contributed by atoms with Crippen molar-refractivity contribution in [2.24, 2.45) is 5.92 Å². The first-order valence-corrected chi connectivity index (χ1v) is 10.7. The maximum atomic E-state index is 14.1. The van der Waals surface area contributed by atoms with Crippen LogP contribution in [0.2, 0.25) is 0 Å². The highest BCUT2D eigenvalue weighted by atomic mass is 32.2. The standard InChI is InChI=1S/C18H21F2N3O3S/c1-11-5-14(10-26-18(11)15-6-13(19)3-4-16(15)20)22-7-12-8-23(27(2,24)25)21-17(12)9-22/h3-4,6,8,11,14,18H,5,7,9-10H2,1-2H3/t11?,14-,18+/m1/s1. The third kappa shape index (κ3) is 3.51. The zero-order valence-electron chi connectivity index (χ0n) is 15.1. The lowest BCUT2D eigenvalue weighted by Crippen LogP contribution is -2.42. The Morgan fingerprint density at radius 1 is 1.26 bits per heavy atom. The van der Waals surface area contributed by atoms with E-state index in [2.05, 4.69) is 10.00 Å². The molecule has 0 bridgehead atoms. The van der Waals surface area contributed by atoms with Crippen LogP contribution in [0, 0.1) is 17.6 Å². The predicted molar refractivity (Wildman–Crippen MR) is 94.3 cm³/mol. The monoisotopic (exact) mass is 397 g/mol. The first-order chi connectivity index (χ1) is 12.7. The third-order valence-electron chi connectivity index (χ3n) is 5.33. The van der Waals surface area contributed by atoms with Gasteiger partial charge in [-0.3, -0.25) is 4.90 Å². The Bertz CT molecular complexity index is 953. The van der Waals surface area contributed by atoms with Crippen LogP contribution in [-0.2, 0) is 27.8 Å². The molecular weight excluding hydrogens is 376 g/mol. The van der Waals surface area contributed by atoms with E-state index in [1.165, 1.54) is 6.07 Å². The van der Waals surface area contributed by atoms with Gasteiger partial charge in [-0.05, 0) is 30.5 Å². The van der Waals surface area contributed by atoms with Gasteiger partial charge >= 0.3 is 0 Å². The average molecular weight is 397 g/mol. The second-order valence-electron chi connectivity index (χ2n) is 7.43. The van der Waals surface area contributed by atoms with Crippen molar-refractivity contribution >= 4 is 10.0 Å². The largest absolute Gasteiger partial charge is 0.372 e. The molecule has 4 rings (SSSR count). The summed E-state index contributed by atoms with van der Waals surface area (Å²) in [6.07, 6.45) is 2.98. The van der Waals surface area contributed by atoms with E-state index in [-0.39, 0.29) is 17.5 Å². The normalized spacial score (nSPS) is 26.3. The van der Waals surface area contributed by atoms with Gasteiger partial charge in [-0.25, -0.2) is 17.2 Å². The number of rotatable bonds is 3. The molecule has 146 valence electrons. The van der Waals surface area contributed by atoms with Crippen LogP contribution >= 0.6 is 0 Å². The lowest BCUT2D eigenvalue weighted by atomic mass is 9.88. The number of nitrogens with zero attached hydrogens (tertiary/aromatic N) is 3. The number of halogens is 2. The van der Waals surface area contributed by atoms with Crippen molar-refractivity contribution in [1.82, 2.24) is 14.1 Å². The van der Waals surface area contributed by atoms with Crippen molar-refractivity contribution in [2.45, 2.75) is 38.6 Å². The fourth-order valence-corrected chi connectivity index (χ4v) is 4.53. The summed E-state index contributed by atoms with van der Waals surface area (Å²) in [5.41, 5.74) is 1.91. The molecule has 3 heterocycles. The topological polar surface area (TPSA) is 64.4 Å². The van der Waals surface area contributed by atoms with Gasteiger partial charge in [0.1, 0.15) is 11.6 Å². The molecule has 0 amide bonds. The van der Waals surface area contributed by atoms with Crippen LogP contribution in [0.3, 0.4) is 0 Å². The molecule has 0 aliphatic carbocycles. The quantitative estimate of drug-likeness (QED) is 0.796. The number of aromatic nitrogens is 2. The minimum absolute atomic E-state index is 0.0175. The van der Waals surface area contributed by atoms with Gasteiger partial charge in [-0.1, -0.05) is 6.92 Å². The van der Waals surface area contributed by atoms with Crippen molar-refractivity contribution < 1.29 is 21.9 Å². The van der Waals surface area contributed by atoms with Crippen LogP contribution in [0.5, 0.6) is 0 Å². The molecule has 1 unspecified atom stereocenters. The summed E-state index contributed by atoms with van der Waals surface area (Å²) in [5.74, 6) is -0.913. The third-order valence-corrected chi connectivity index (χ3v) is 6.20. The summed E-state index contributed by atoms with van der Waals surface area (Å²) in [6.45, 7) is 3.53. The molecule has 2 aliphatic heterocycles. The Morgan fingerprint density at radius 3 is 2.70 bits per heavy atom. The molecule has 9 heteroatoms. The van der Waals surface area contributed by atoms with E-state index in [1.807, 2.05) is 6.92 Å². The molecular formula is C18H21F2N3O3S. The number of hydrogen-bond donors (Lipinski definition) is 0. The average Bonchev–Trinajstić information content (AvgIpc) is 3.16. The van der Waals surface area contributed by atoms with Gasteiger partial charge in [0.15, 0.2) is 0 Å². The van der Waals surface area contributed by atoms with E-state index in [4.69, 9.17) is 4.74 Å². The Labute approximate surface area is 156 Å². The minimum Gasteiger partial charge on any atom is -0.372 e. The summed E-state index contributed by atoms with van der Waals surface area (Å²) >= 11 is 0. The van der Waals surface area contributed by atoms with E-state index in [1.54, 1.807) is 6.20 Å². The summed E-state index contributed by atoms with van der Waals surface area (Å²) in [7, 11) is -3.38. The molecule has 1 aromatic carbocycles. The number of fused-ring (bicyclic) bond motifs is 1. The van der Waals surface area contributed by atoms with Gasteiger partial charge in [-0.2, -0.15) is 9.19 Å². The Balaban J connectivity index is 1.44. The zero-order valence-corrected chi connectivity index (χ0v) is 15.9. The molecule has 1 aromatic heterocycles. The van der Waals surface area contributed by atoms with Gasteiger partial charge in [-0.15, -0.1) is 0 Å². The van der Waals surface area contributed by atoms with Crippen molar-refractivity contribution in [2.75, 3.05) is 12.9 Å². The second kappa shape index (κ2) is 6.65. The van der Waals surface area contributed by atoms with Crippen LogP contribution in [0.4, 0.5) is 8.78 Å². The van der Waals surface area contributed by atoms with Crippen LogP contribution in [-0.4, -0.2) is 41.4 Å². The molecule has 0 saturated carbocycles. The smallest absolute Gasteiger partial charge is 0.250 e. The van der Waals surface area contributed by atoms with Crippen molar-refractivity contribution in [3.05, 3.63) is 52.9 Å².